The van der Waals surface area contributed by atoms with Crippen molar-refractivity contribution in [1.82, 2.24) is 0 Å². The highest BCUT2D eigenvalue weighted by Gasteiger charge is 2.71. The molecule has 0 fully saturated rings. The lowest BCUT2D eigenvalue weighted by atomic mass is 9.80. The van der Waals surface area contributed by atoms with Crippen molar-refractivity contribution in [1.29, 1.82) is 0 Å². The molecule has 3 atom stereocenters. The van der Waals surface area contributed by atoms with E-state index >= 15 is 0 Å². The molecule has 0 saturated carbocycles. The molecule has 2 nitrogen and oxygen atoms in total. The summed E-state index contributed by atoms with van der Waals surface area (Å²) in [7, 11) is 0. The van der Waals surface area contributed by atoms with Crippen LogP contribution in [0.2, 0.25) is 0 Å². The summed E-state index contributed by atoms with van der Waals surface area (Å²) in [4.78, 5) is 0. The molecule has 3 aromatic rings. The first-order chi connectivity index (χ1) is 24.8. The van der Waals surface area contributed by atoms with E-state index in [-0.39, 0.29) is 24.4 Å². The summed E-state index contributed by atoms with van der Waals surface area (Å²) >= 11 is 0. The van der Waals surface area contributed by atoms with Gasteiger partial charge in [-0.1, -0.05) is 102 Å². The summed E-state index contributed by atoms with van der Waals surface area (Å²) in [6, 6.07) is 16.6. The van der Waals surface area contributed by atoms with Crippen molar-refractivity contribution in [2.75, 3.05) is 0 Å². The first kappa shape index (κ1) is 49.6. The fourth-order valence-corrected chi connectivity index (χ4v) is 5.10. The van der Waals surface area contributed by atoms with Crippen LogP contribution in [0.4, 0.5) is 52.7 Å². The number of alkyl halides is 12. The van der Waals surface area contributed by atoms with Gasteiger partial charge in [-0.15, -0.1) is 0 Å². The highest BCUT2D eigenvalue weighted by molar-refractivity contribution is 5.34. The van der Waals surface area contributed by atoms with E-state index in [1.54, 1.807) is 6.92 Å². The molecule has 3 rings (SSSR count). The van der Waals surface area contributed by atoms with Crippen molar-refractivity contribution in [3.05, 3.63) is 101 Å². The fourth-order valence-electron chi connectivity index (χ4n) is 5.10. The first-order valence-corrected chi connectivity index (χ1v) is 17.8. The molecule has 1 N–H and O–H groups in total. The van der Waals surface area contributed by atoms with Gasteiger partial charge in [0.2, 0.25) is 0 Å². The zero-order valence-electron chi connectivity index (χ0n) is 32.7. The smallest absolute Gasteiger partial charge is 0.430 e. The Morgan fingerprint density at radius 1 is 0.455 bits per heavy atom. The third-order valence-corrected chi connectivity index (χ3v) is 9.62. The second kappa shape index (κ2) is 18.7. The Hall–Kier alpha value is -3.42. The molecule has 0 heterocycles. The number of hydrogen-bond acceptors (Lipinski definition) is 2. The number of benzene rings is 3. The maximum atomic E-state index is 12.9. The quantitative estimate of drug-likeness (QED) is 0.218. The molecule has 0 aliphatic carbocycles. The number of hydrogen-bond donors (Lipinski definition) is 1. The molecule has 0 radical (unpaired) electrons. The number of halogens is 12. The summed E-state index contributed by atoms with van der Waals surface area (Å²) in [6.07, 6.45) is -19.9. The fraction of sp³-hybridized carbons (Fsp3) is 0.561. The molecular formula is C41H52F12O2. The van der Waals surface area contributed by atoms with Crippen LogP contribution < -0.4 is 4.74 Å². The zero-order valence-corrected chi connectivity index (χ0v) is 32.7. The molecule has 3 aromatic carbocycles. The predicted octanol–water partition coefficient (Wildman–Crippen LogP) is 14.5. The summed E-state index contributed by atoms with van der Waals surface area (Å²) in [6.45, 7) is 18.2. The lowest BCUT2D eigenvalue weighted by Gasteiger charge is -2.34. The van der Waals surface area contributed by atoms with Gasteiger partial charge in [-0.2, -0.15) is 52.7 Å². The molecule has 0 aromatic heterocycles. The van der Waals surface area contributed by atoms with Gasteiger partial charge in [0.25, 0.3) is 5.60 Å². The first-order valence-electron chi connectivity index (χ1n) is 17.8. The van der Waals surface area contributed by atoms with Crippen LogP contribution in [0, 0.1) is 0 Å². The minimum Gasteiger partial charge on any atom is -0.488 e. The maximum Gasteiger partial charge on any atom is 0.430 e. The van der Waals surface area contributed by atoms with Gasteiger partial charge >= 0.3 is 24.7 Å². The third kappa shape index (κ3) is 12.5. The molecular weight excluding hydrogens is 752 g/mol. The van der Waals surface area contributed by atoms with E-state index < -0.39 is 46.8 Å². The van der Waals surface area contributed by atoms with Crippen LogP contribution in [-0.4, -0.2) is 35.4 Å². The molecule has 0 saturated heterocycles. The van der Waals surface area contributed by atoms with Crippen LogP contribution in [0.25, 0.3) is 0 Å². The average Bonchev–Trinajstić information content (AvgIpc) is 3.08. The highest BCUT2D eigenvalue weighted by atomic mass is 19.4. The Morgan fingerprint density at radius 2 is 0.727 bits per heavy atom. The summed E-state index contributed by atoms with van der Waals surface area (Å²) in [5.41, 5.74) is -8.11. The Labute approximate surface area is 316 Å². The lowest BCUT2D eigenvalue weighted by Crippen LogP contribution is -2.53. The van der Waals surface area contributed by atoms with Gasteiger partial charge in [0, 0.05) is 5.56 Å². The Balaban J connectivity index is 0.000000417. The van der Waals surface area contributed by atoms with E-state index in [1.165, 1.54) is 36.2 Å². The van der Waals surface area contributed by atoms with Gasteiger partial charge in [-0.3, -0.25) is 0 Å². The van der Waals surface area contributed by atoms with Crippen molar-refractivity contribution in [3.63, 3.8) is 0 Å². The molecule has 0 spiro atoms. The Morgan fingerprint density at radius 3 is 0.964 bits per heavy atom. The van der Waals surface area contributed by atoms with Crippen LogP contribution in [0.3, 0.4) is 0 Å². The average molecular weight is 805 g/mol. The lowest BCUT2D eigenvalue weighted by molar-refractivity contribution is -0.376. The second-order valence-corrected chi connectivity index (χ2v) is 14.8. The number of rotatable bonds is 9. The Kier molecular flexibility index (Phi) is 16.8. The van der Waals surface area contributed by atoms with Crippen molar-refractivity contribution in [2.24, 2.45) is 0 Å². The van der Waals surface area contributed by atoms with Gasteiger partial charge in [0.05, 0.1) is 0 Å². The maximum absolute atomic E-state index is 12.9. The number of aliphatic hydroxyl groups is 1. The monoisotopic (exact) mass is 804 g/mol. The van der Waals surface area contributed by atoms with Crippen LogP contribution in [0.15, 0.2) is 72.8 Å². The van der Waals surface area contributed by atoms with Gasteiger partial charge in [0.15, 0.2) is 5.41 Å². The largest absolute Gasteiger partial charge is 0.488 e. The molecule has 14 heteroatoms. The summed E-state index contributed by atoms with van der Waals surface area (Å²) in [5, 5.41) is 9.19. The molecule has 0 aliphatic rings. The molecule has 0 amide bonds. The van der Waals surface area contributed by atoms with E-state index in [9.17, 15) is 57.8 Å². The summed E-state index contributed by atoms with van der Waals surface area (Å²) in [5.74, 6) is 1.68. The zero-order chi connectivity index (χ0) is 43.0. The van der Waals surface area contributed by atoms with E-state index in [4.69, 9.17) is 4.74 Å². The van der Waals surface area contributed by atoms with Crippen LogP contribution in [-0.2, 0) is 11.0 Å². The van der Waals surface area contributed by atoms with Gasteiger partial charge in [0.1, 0.15) is 11.4 Å². The van der Waals surface area contributed by atoms with Crippen molar-refractivity contribution in [2.45, 2.75) is 148 Å². The standard InChI is InChI=1S/C14H16F6.C14H22O.C13H14F6O/c1-4-9(2)10-5-7-11(8-6-10)12(3,13(15,16)17)14(18,19)20;1-6-11(2)12-7-9-13(10-8-12)15-14(3,4)5;1-3-8(2)9-4-6-10(7-5-9)11(20,12(14,15)16)13(17,18)19/h5-9H,4H2,1-3H3;7-11H,6H2,1-5H3;4-8,20H,3H2,1-2H3. The van der Waals surface area contributed by atoms with Crippen LogP contribution in [0.5, 0.6) is 5.75 Å². The highest BCUT2D eigenvalue weighted by Crippen LogP contribution is 2.52. The van der Waals surface area contributed by atoms with E-state index in [2.05, 4.69) is 58.9 Å². The van der Waals surface area contributed by atoms with Gasteiger partial charge in [-0.05, 0) is 99.1 Å². The van der Waals surface area contributed by atoms with Crippen molar-refractivity contribution in [3.8, 4) is 5.75 Å². The minimum atomic E-state index is -5.84. The normalized spacial score (nSPS) is 14.8. The topological polar surface area (TPSA) is 29.5 Å². The van der Waals surface area contributed by atoms with Crippen molar-refractivity contribution >= 4 is 0 Å². The van der Waals surface area contributed by atoms with E-state index in [0.29, 0.717) is 30.0 Å². The SMILES string of the molecule is CCC(C)c1ccc(C(C)(C(F)(F)F)C(F)(F)F)cc1.CCC(C)c1ccc(C(O)(C(F)(F)F)C(F)(F)F)cc1.CCC(C)c1ccc(OC(C)(C)C)cc1. The minimum absolute atomic E-state index is 0.00826. The molecule has 3 unspecified atom stereocenters. The van der Waals surface area contributed by atoms with Gasteiger partial charge in [-0.25, -0.2) is 0 Å². The Bertz CT molecular complexity index is 1450. The van der Waals surface area contributed by atoms with E-state index in [1.807, 2.05) is 20.8 Å². The molecule has 55 heavy (non-hydrogen) atoms. The van der Waals surface area contributed by atoms with E-state index in [0.717, 1.165) is 29.9 Å². The predicted molar refractivity (Wildman–Crippen MR) is 191 cm³/mol. The van der Waals surface area contributed by atoms with Crippen LogP contribution >= 0.6 is 0 Å². The summed E-state index contributed by atoms with van der Waals surface area (Å²) < 4.78 is 159. The molecule has 0 bridgehead atoms. The number of ether oxygens (including phenoxy) is 1. The third-order valence-electron chi connectivity index (χ3n) is 9.62. The van der Waals surface area contributed by atoms with Crippen LogP contribution in [0.1, 0.15) is 134 Å². The molecule has 0 aliphatic heterocycles. The van der Waals surface area contributed by atoms with Crippen molar-refractivity contribution < 1.29 is 62.5 Å². The molecule has 312 valence electrons. The van der Waals surface area contributed by atoms with Gasteiger partial charge < -0.3 is 9.84 Å². The second-order valence-electron chi connectivity index (χ2n) is 14.8.